The molecule has 2 aromatic rings. The summed E-state index contributed by atoms with van der Waals surface area (Å²) in [5.74, 6) is 0.0258. The highest BCUT2D eigenvalue weighted by molar-refractivity contribution is 6.14. The van der Waals surface area contributed by atoms with Crippen LogP contribution in [-0.4, -0.2) is 19.0 Å². The number of hydrogen-bond acceptors (Lipinski definition) is 4. The summed E-state index contributed by atoms with van der Waals surface area (Å²) in [4.78, 5) is 22.7. The molecule has 0 aromatic heterocycles. The van der Waals surface area contributed by atoms with Crippen LogP contribution in [0.4, 0.5) is 9.18 Å². The van der Waals surface area contributed by atoms with Gasteiger partial charge in [0, 0.05) is 5.56 Å². The van der Waals surface area contributed by atoms with Crippen molar-refractivity contribution in [2.45, 2.75) is 6.61 Å². The Kier molecular flexibility index (Phi) is 4.65. The molecule has 1 heterocycles. The van der Waals surface area contributed by atoms with Gasteiger partial charge in [-0.3, -0.25) is 10.1 Å². The number of halogens is 1. The molecule has 6 nitrogen and oxygen atoms in total. The third-order valence-corrected chi connectivity index (χ3v) is 3.56. The standard InChI is InChI=1S/C18H15FN2O4/c1-24-16-9-11(8-14-17(22)21-18(23)20-14)6-7-15(16)25-10-12-4-2-3-5-13(12)19/h2-9H,10H2,1H3,(H2,20,21,22,23)/b14-8+. The zero-order valence-electron chi connectivity index (χ0n) is 13.3. The van der Waals surface area contributed by atoms with Gasteiger partial charge in [0.05, 0.1) is 7.11 Å². The van der Waals surface area contributed by atoms with Crippen LogP contribution in [-0.2, 0) is 11.4 Å². The van der Waals surface area contributed by atoms with E-state index in [1.807, 2.05) is 0 Å². The monoisotopic (exact) mass is 342 g/mol. The Morgan fingerprint density at radius 3 is 2.56 bits per heavy atom. The number of benzene rings is 2. The normalized spacial score (nSPS) is 15.0. The minimum atomic E-state index is -0.562. The van der Waals surface area contributed by atoms with Crippen LogP contribution in [0.2, 0.25) is 0 Å². The third-order valence-electron chi connectivity index (χ3n) is 3.56. The molecule has 1 saturated heterocycles. The van der Waals surface area contributed by atoms with Crippen molar-refractivity contribution in [1.29, 1.82) is 0 Å². The van der Waals surface area contributed by atoms with Gasteiger partial charge in [0.2, 0.25) is 0 Å². The molecule has 2 N–H and O–H groups in total. The van der Waals surface area contributed by atoms with Crippen molar-refractivity contribution in [1.82, 2.24) is 10.6 Å². The van der Waals surface area contributed by atoms with Crippen LogP contribution >= 0.6 is 0 Å². The lowest BCUT2D eigenvalue weighted by Gasteiger charge is -2.12. The van der Waals surface area contributed by atoms with Gasteiger partial charge in [-0.2, -0.15) is 0 Å². The van der Waals surface area contributed by atoms with Crippen molar-refractivity contribution in [3.05, 3.63) is 65.1 Å². The fourth-order valence-electron chi connectivity index (χ4n) is 2.31. The van der Waals surface area contributed by atoms with Gasteiger partial charge in [-0.1, -0.05) is 24.3 Å². The number of ether oxygens (including phenoxy) is 2. The van der Waals surface area contributed by atoms with E-state index in [1.54, 1.807) is 36.4 Å². The van der Waals surface area contributed by atoms with Crippen LogP contribution < -0.4 is 20.1 Å². The minimum Gasteiger partial charge on any atom is -0.493 e. The maximum absolute atomic E-state index is 13.6. The van der Waals surface area contributed by atoms with Crippen molar-refractivity contribution in [3.63, 3.8) is 0 Å². The van der Waals surface area contributed by atoms with E-state index in [9.17, 15) is 14.0 Å². The van der Waals surface area contributed by atoms with Crippen LogP contribution in [0.3, 0.4) is 0 Å². The fourth-order valence-corrected chi connectivity index (χ4v) is 2.31. The van der Waals surface area contributed by atoms with E-state index in [4.69, 9.17) is 9.47 Å². The molecule has 1 fully saturated rings. The Morgan fingerprint density at radius 2 is 1.88 bits per heavy atom. The van der Waals surface area contributed by atoms with Crippen LogP contribution in [0.15, 0.2) is 48.2 Å². The first-order chi connectivity index (χ1) is 12.1. The molecule has 0 radical (unpaired) electrons. The molecule has 0 unspecified atom stereocenters. The largest absolute Gasteiger partial charge is 0.493 e. The second kappa shape index (κ2) is 7.04. The molecule has 1 aliphatic rings. The van der Waals surface area contributed by atoms with Crippen LogP contribution in [0, 0.1) is 5.82 Å². The van der Waals surface area contributed by atoms with Crippen molar-refractivity contribution in [2.75, 3.05) is 7.11 Å². The molecule has 7 heteroatoms. The molecule has 0 spiro atoms. The van der Waals surface area contributed by atoms with Crippen molar-refractivity contribution in [2.24, 2.45) is 0 Å². The highest BCUT2D eigenvalue weighted by atomic mass is 19.1. The fraction of sp³-hybridized carbons (Fsp3) is 0.111. The van der Waals surface area contributed by atoms with E-state index < -0.39 is 11.9 Å². The predicted octanol–water partition coefficient (Wildman–Crippen LogP) is 2.59. The summed E-state index contributed by atoms with van der Waals surface area (Å²) in [6, 6.07) is 10.8. The second-order valence-electron chi connectivity index (χ2n) is 5.26. The molecule has 0 saturated carbocycles. The topological polar surface area (TPSA) is 76.7 Å². The average molecular weight is 342 g/mol. The summed E-state index contributed by atoms with van der Waals surface area (Å²) in [6.45, 7) is 0.0575. The molecule has 25 heavy (non-hydrogen) atoms. The summed E-state index contributed by atoms with van der Waals surface area (Å²) < 4.78 is 24.5. The molecule has 2 aromatic carbocycles. The number of amides is 3. The highest BCUT2D eigenvalue weighted by Crippen LogP contribution is 2.30. The molecule has 0 aliphatic carbocycles. The number of nitrogens with one attached hydrogen (secondary N) is 2. The maximum Gasteiger partial charge on any atom is 0.326 e. The molecule has 0 bridgehead atoms. The first-order valence-corrected chi connectivity index (χ1v) is 7.45. The van der Waals surface area contributed by atoms with Gasteiger partial charge in [0.25, 0.3) is 5.91 Å². The Bertz CT molecular complexity index is 864. The summed E-state index contributed by atoms with van der Waals surface area (Å²) >= 11 is 0. The molecular weight excluding hydrogens is 327 g/mol. The Labute approximate surface area is 143 Å². The summed E-state index contributed by atoms with van der Waals surface area (Å²) in [6.07, 6.45) is 1.52. The lowest BCUT2D eigenvalue weighted by molar-refractivity contribution is -0.115. The third kappa shape index (κ3) is 3.77. The van der Waals surface area contributed by atoms with E-state index in [1.165, 1.54) is 19.3 Å². The van der Waals surface area contributed by atoms with Crippen LogP contribution in [0.25, 0.3) is 6.08 Å². The maximum atomic E-state index is 13.6. The van der Waals surface area contributed by atoms with Crippen LogP contribution in [0.5, 0.6) is 11.5 Å². The van der Waals surface area contributed by atoms with Gasteiger partial charge in [-0.05, 0) is 29.8 Å². The molecule has 128 valence electrons. The first-order valence-electron chi connectivity index (χ1n) is 7.45. The van der Waals surface area contributed by atoms with Gasteiger partial charge in [0.1, 0.15) is 18.1 Å². The average Bonchev–Trinajstić information content (AvgIpc) is 2.92. The Balaban J connectivity index is 1.78. The number of methoxy groups -OCH3 is 1. The number of hydrogen-bond donors (Lipinski definition) is 2. The SMILES string of the molecule is COc1cc(/C=C2/NC(=O)NC2=O)ccc1OCc1ccccc1F. The quantitative estimate of drug-likeness (QED) is 0.647. The van der Waals surface area contributed by atoms with E-state index >= 15 is 0 Å². The lowest BCUT2D eigenvalue weighted by Crippen LogP contribution is -2.22. The van der Waals surface area contributed by atoms with Crippen molar-refractivity contribution in [3.8, 4) is 11.5 Å². The highest BCUT2D eigenvalue weighted by Gasteiger charge is 2.22. The number of imide groups is 1. The Morgan fingerprint density at radius 1 is 1.08 bits per heavy atom. The van der Waals surface area contributed by atoms with Crippen LogP contribution in [0.1, 0.15) is 11.1 Å². The number of carbonyl (C=O) groups is 2. The van der Waals surface area contributed by atoms with Crippen molar-refractivity contribution < 1.29 is 23.5 Å². The van der Waals surface area contributed by atoms with E-state index in [0.29, 0.717) is 22.6 Å². The van der Waals surface area contributed by atoms with Crippen molar-refractivity contribution >= 4 is 18.0 Å². The molecule has 3 amide bonds. The zero-order valence-corrected chi connectivity index (χ0v) is 13.3. The van der Waals surface area contributed by atoms with Gasteiger partial charge < -0.3 is 14.8 Å². The molecular formula is C18H15FN2O4. The molecule has 1 aliphatic heterocycles. The van der Waals surface area contributed by atoms with E-state index in [0.717, 1.165) is 0 Å². The van der Waals surface area contributed by atoms with E-state index in [2.05, 4.69) is 10.6 Å². The number of rotatable bonds is 5. The zero-order chi connectivity index (χ0) is 17.8. The van der Waals surface area contributed by atoms with Gasteiger partial charge in [0.15, 0.2) is 11.5 Å². The number of urea groups is 1. The summed E-state index contributed by atoms with van der Waals surface area (Å²) in [5.41, 5.74) is 1.22. The lowest BCUT2D eigenvalue weighted by atomic mass is 10.1. The summed E-state index contributed by atoms with van der Waals surface area (Å²) in [5, 5.41) is 4.53. The second-order valence-corrected chi connectivity index (χ2v) is 5.26. The van der Waals surface area contributed by atoms with Gasteiger partial charge >= 0.3 is 6.03 Å². The Hall–Kier alpha value is -3.35. The molecule has 0 atom stereocenters. The predicted molar refractivity (Wildman–Crippen MR) is 88.4 cm³/mol. The number of carbonyl (C=O) groups excluding carboxylic acids is 2. The summed E-state index contributed by atoms with van der Waals surface area (Å²) in [7, 11) is 1.48. The minimum absolute atomic E-state index is 0.0575. The van der Waals surface area contributed by atoms with Gasteiger partial charge in [-0.25, -0.2) is 9.18 Å². The smallest absolute Gasteiger partial charge is 0.326 e. The van der Waals surface area contributed by atoms with E-state index in [-0.39, 0.29) is 18.1 Å². The molecule has 3 rings (SSSR count). The first kappa shape index (κ1) is 16.5. The van der Waals surface area contributed by atoms with Gasteiger partial charge in [-0.15, -0.1) is 0 Å².